The van der Waals surface area contributed by atoms with Crippen molar-refractivity contribution in [3.63, 3.8) is 0 Å². The Morgan fingerprint density at radius 3 is 2.59 bits per heavy atom. The first-order valence-corrected chi connectivity index (χ1v) is 7.06. The van der Waals surface area contributed by atoms with Gasteiger partial charge >= 0.3 is 5.97 Å². The topological polar surface area (TPSA) is 40.5 Å². The predicted molar refractivity (Wildman–Crippen MR) is 85.3 cm³/mol. The SMILES string of the molecule is COc1ccc2c(c1)c(OC(C)=O)cn2Cc1ccccc1. The van der Waals surface area contributed by atoms with E-state index < -0.39 is 0 Å². The Bertz CT molecular complexity index is 806. The molecule has 0 saturated heterocycles. The van der Waals surface area contributed by atoms with Gasteiger partial charge in [0.25, 0.3) is 0 Å². The van der Waals surface area contributed by atoms with Crippen LogP contribution in [0.15, 0.2) is 54.7 Å². The molecule has 4 nitrogen and oxygen atoms in total. The van der Waals surface area contributed by atoms with E-state index in [1.807, 2.05) is 42.6 Å². The molecule has 0 amide bonds. The quantitative estimate of drug-likeness (QED) is 0.690. The highest BCUT2D eigenvalue weighted by Gasteiger charge is 2.12. The van der Waals surface area contributed by atoms with Gasteiger partial charge in [-0.1, -0.05) is 30.3 Å². The summed E-state index contributed by atoms with van der Waals surface area (Å²) in [7, 11) is 1.62. The number of carbonyl (C=O) groups excluding carboxylic acids is 1. The smallest absolute Gasteiger partial charge is 0.308 e. The number of carbonyl (C=O) groups is 1. The maximum atomic E-state index is 11.3. The summed E-state index contributed by atoms with van der Waals surface area (Å²) in [4.78, 5) is 11.3. The van der Waals surface area contributed by atoms with Crippen molar-refractivity contribution in [2.24, 2.45) is 0 Å². The molecule has 0 unspecified atom stereocenters. The molecule has 0 aliphatic rings. The summed E-state index contributed by atoms with van der Waals surface area (Å²) in [6, 6.07) is 15.9. The Hall–Kier alpha value is -2.75. The van der Waals surface area contributed by atoms with Crippen molar-refractivity contribution < 1.29 is 14.3 Å². The van der Waals surface area contributed by atoms with E-state index in [4.69, 9.17) is 9.47 Å². The first-order valence-electron chi connectivity index (χ1n) is 7.06. The van der Waals surface area contributed by atoms with Crippen LogP contribution in [0.1, 0.15) is 12.5 Å². The zero-order valence-corrected chi connectivity index (χ0v) is 12.6. The number of aromatic nitrogens is 1. The Morgan fingerprint density at radius 1 is 1.14 bits per heavy atom. The van der Waals surface area contributed by atoms with Gasteiger partial charge in [-0.15, -0.1) is 0 Å². The van der Waals surface area contributed by atoms with E-state index in [0.717, 1.165) is 16.7 Å². The number of benzene rings is 2. The molecule has 22 heavy (non-hydrogen) atoms. The summed E-state index contributed by atoms with van der Waals surface area (Å²) in [5, 5.41) is 0.866. The minimum absolute atomic E-state index is 0.332. The third-order valence-electron chi connectivity index (χ3n) is 3.50. The second kappa shape index (κ2) is 5.93. The number of esters is 1. The molecule has 0 aliphatic carbocycles. The zero-order valence-electron chi connectivity index (χ0n) is 12.6. The maximum Gasteiger partial charge on any atom is 0.308 e. The molecule has 3 rings (SSSR count). The largest absolute Gasteiger partial charge is 0.497 e. The van der Waals surface area contributed by atoms with Gasteiger partial charge in [0.2, 0.25) is 0 Å². The molecular weight excluding hydrogens is 278 g/mol. The third kappa shape index (κ3) is 2.81. The average Bonchev–Trinajstić information content (AvgIpc) is 2.84. The van der Waals surface area contributed by atoms with E-state index in [1.165, 1.54) is 12.5 Å². The highest BCUT2D eigenvalue weighted by molar-refractivity contribution is 5.90. The van der Waals surface area contributed by atoms with Crippen LogP contribution in [0, 0.1) is 0 Å². The Kier molecular flexibility index (Phi) is 3.83. The fraction of sp³-hybridized carbons (Fsp3) is 0.167. The van der Waals surface area contributed by atoms with Gasteiger partial charge in [0.15, 0.2) is 5.75 Å². The van der Waals surface area contributed by atoms with Crippen molar-refractivity contribution in [1.29, 1.82) is 0 Å². The minimum atomic E-state index is -0.332. The van der Waals surface area contributed by atoms with E-state index in [1.54, 1.807) is 7.11 Å². The van der Waals surface area contributed by atoms with Gasteiger partial charge in [-0.25, -0.2) is 0 Å². The van der Waals surface area contributed by atoms with E-state index in [0.29, 0.717) is 12.3 Å². The molecule has 0 atom stereocenters. The van der Waals surface area contributed by atoms with Gasteiger partial charge in [0.05, 0.1) is 12.6 Å². The van der Waals surface area contributed by atoms with Crippen molar-refractivity contribution in [3.8, 4) is 11.5 Å². The monoisotopic (exact) mass is 295 g/mol. The second-order valence-electron chi connectivity index (χ2n) is 5.08. The molecule has 0 spiro atoms. The van der Waals surface area contributed by atoms with Crippen LogP contribution in [0.4, 0.5) is 0 Å². The standard InChI is InChI=1S/C18H17NO3/c1-13(20)22-18-12-19(11-14-6-4-3-5-7-14)17-9-8-15(21-2)10-16(17)18/h3-10,12H,11H2,1-2H3. The molecule has 3 aromatic rings. The van der Waals surface area contributed by atoms with Crippen LogP contribution in [0.25, 0.3) is 10.9 Å². The van der Waals surface area contributed by atoms with E-state index in [2.05, 4.69) is 16.7 Å². The highest BCUT2D eigenvalue weighted by atomic mass is 16.5. The lowest BCUT2D eigenvalue weighted by Crippen LogP contribution is -2.01. The normalized spacial score (nSPS) is 10.6. The lowest BCUT2D eigenvalue weighted by Gasteiger charge is -2.05. The lowest BCUT2D eigenvalue weighted by atomic mass is 10.2. The number of fused-ring (bicyclic) bond motifs is 1. The number of ether oxygens (including phenoxy) is 2. The van der Waals surface area contributed by atoms with Gasteiger partial charge in [0.1, 0.15) is 5.75 Å². The molecule has 4 heteroatoms. The Morgan fingerprint density at radius 2 is 1.91 bits per heavy atom. The molecule has 0 N–H and O–H groups in total. The van der Waals surface area contributed by atoms with Crippen molar-refractivity contribution in [2.75, 3.05) is 7.11 Å². The number of hydrogen-bond donors (Lipinski definition) is 0. The van der Waals surface area contributed by atoms with Gasteiger partial charge in [-0.05, 0) is 23.8 Å². The van der Waals surface area contributed by atoms with E-state index >= 15 is 0 Å². The molecule has 0 fully saturated rings. The van der Waals surface area contributed by atoms with Crippen LogP contribution >= 0.6 is 0 Å². The van der Waals surface area contributed by atoms with Crippen LogP contribution in [0.3, 0.4) is 0 Å². The number of methoxy groups -OCH3 is 1. The molecule has 1 aromatic heterocycles. The first kappa shape index (κ1) is 14.2. The molecule has 112 valence electrons. The summed E-state index contributed by atoms with van der Waals surface area (Å²) < 4.78 is 12.7. The molecule has 2 aromatic carbocycles. The summed E-state index contributed by atoms with van der Waals surface area (Å²) >= 11 is 0. The van der Waals surface area contributed by atoms with E-state index in [-0.39, 0.29) is 5.97 Å². The zero-order chi connectivity index (χ0) is 15.5. The van der Waals surface area contributed by atoms with Crippen molar-refractivity contribution in [3.05, 3.63) is 60.3 Å². The van der Waals surface area contributed by atoms with Crippen molar-refractivity contribution in [2.45, 2.75) is 13.5 Å². The predicted octanol–water partition coefficient (Wildman–Crippen LogP) is 3.62. The van der Waals surface area contributed by atoms with Crippen molar-refractivity contribution >= 4 is 16.9 Å². The number of nitrogens with zero attached hydrogens (tertiary/aromatic N) is 1. The second-order valence-corrected chi connectivity index (χ2v) is 5.08. The highest BCUT2D eigenvalue weighted by Crippen LogP contribution is 2.32. The molecule has 0 bridgehead atoms. The lowest BCUT2D eigenvalue weighted by molar-refractivity contribution is -0.131. The summed E-state index contributed by atoms with van der Waals surface area (Å²) in [5.41, 5.74) is 2.19. The van der Waals surface area contributed by atoms with Gasteiger partial charge in [-0.3, -0.25) is 4.79 Å². The Balaban J connectivity index is 2.08. The van der Waals surface area contributed by atoms with Crippen molar-refractivity contribution in [1.82, 2.24) is 4.57 Å². The van der Waals surface area contributed by atoms with Crippen LogP contribution in [-0.4, -0.2) is 17.6 Å². The van der Waals surface area contributed by atoms with Gasteiger partial charge in [-0.2, -0.15) is 0 Å². The van der Waals surface area contributed by atoms with E-state index in [9.17, 15) is 4.79 Å². The molecular formula is C18H17NO3. The maximum absolute atomic E-state index is 11.3. The van der Waals surface area contributed by atoms with Gasteiger partial charge in [0, 0.05) is 25.1 Å². The van der Waals surface area contributed by atoms with Crippen LogP contribution in [-0.2, 0) is 11.3 Å². The molecule has 0 saturated carbocycles. The molecule has 1 heterocycles. The number of hydrogen-bond acceptors (Lipinski definition) is 3. The first-order chi connectivity index (χ1) is 10.7. The summed E-state index contributed by atoms with van der Waals surface area (Å²) in [6.45, 7) is 2.12. The fourth-order valence-electron chi connectivity index (χ4n) is 2.52. The minimum Gasteiger partial charge on any atom is -0.497 e. The average molecular weight is 295 g/mol. The summed E-state index contributed by atoms with van der Waals surface area (Å²) in [6.07, 6.45) is 1.86. The Labute approximate surface area is 128 Å². The van der Waals surface area contributed by atoms with Crippen LogP contribution < -0.4 is 9.47 Å². The fourth-order valence-corrected chi connectivity index (χ4v) is 2.52. The molecule has 0 radical (unpaired) electrons. The number of rotatable bonds is 4. The van der Waals surface area contributed by atoms with Crippen LogP contribution in [0.2, 0.25) is 0 Å². The van der Waals surface area contributed by atoms with Gasteiger partial charge < -0.3 is 14.0 Å². The third-order valence-corrected chi connectivity index (χ3v) is 3.50. The summed E-state index contributed by atoms with van der Waals surface area (Å²) in [5.74, 6) is 0.956. The van der Waals surface area contributed by atoms with Crippen LogP contribution in [0.5, 0.6) is 11.5 Å². The molecule has 0 aliphatic heterocycles.